The van der Waals surface area contributed by atoms with Gasteiger partial charge in [0.1, 0.15) is 0 Å². The molecule has 1 aliphatic rings. The first kappa shape index (κ1) is 17.9. The second-order valence-corrected chi connectivity index (χ2v) is 7.04. The number of nitrogens with two attached hydrogens (primary N) is 1. The van der Waals surface area contributed by atoms with E-state index in [9.17, 15) is 4.79 Å². The molecule has 2 aromatic rings. The molecule has 5 heteroatoms. The molecular formula is C20H24ClN3O. The minimum absolute atomic E-state index is 0.0508. The Balaban J connectivity index is 1.43. The highest BCUT2D eigenvalue weighted by Gasteiger charge is 2.31. The van der Waals surface area contributed by atoms with Crippen molar-refractivity contribution in [1.82, 2.24) is 10.2 Å². The second-order valence-electron chi connectivity index (χ2n) is 6.60. The number of carbonyl (C=O) groups excluding carboxylic acids is 1. The molecule has 1 aliphatic heterocycles. The molecule has 0 unspecified atom stereocenters. The number of nitrogens with zero attached hydrogens (tertiary/aromatic N) is 1. The molecule has 3 N–H and O–H groups in total. The maximum atomic E-state index is 12.2. The van der Waals surface area contributed by atoms with Crippen molar-refractivity contribution < 1.29 is 4.79 Å². The zero-order chi connectivity index (χ0) is 17.6. The largest absolute Gasteiger partial charge is 0.355 e. The summed E-state index contributed by atoms with van der Waals surface area (Å²) in [6, 6.07) is 18.1. The Morgan fingerprint density at radius 2 is 1.84 bits per heavy atom. The summed E-state index contributed by atoms with van der Waals surface area (Å²) in [4.78, 5) is 14.3. The van der Waals surface area contributed by atoms with E-state index in [1.54, 1.807) is 0 Å². The maximum absolute atomic E-state index is 12.2. The Kier molecular flexibility index (Phi) is 6.08. The van der Waals surface area contributed by atoms with Crippen LogP contribution in [0.4, 0.5) is 0 Å². The number of rotatable bonds is 6. The Morgan fingerprint density at radius 1 is 1.12 bits per heavy atom. The molecule has 132 valence electrons. The van der Waals surface area contributed by atoms with Crippen LogP contribution in [0.15, 0.2) is 54.6 Å². The lowest BCUT2D eigenvalue weighted by atomic mass is 9.95. The average molecular weight is 358 g/mol. The molecule has 0 radical (unpaired) electrons. The molecule has 2 atom stereocenters. The number of carbonyl (C=O) groups is 1. The van der Waals surface area contributed by atoms with E-state index in [-0.39, 0.29) is 11.9 Å². The third-order valence-corrected chi connectivity index (χ3v) is 4.94. The van der Waals surface area contributed by atoms with E-state index < -0.39 is 0 Å². The van der Waals surface area contributed by atoms with Crippen molar-refractivity contribution >= 4 is 17.5 Å². The summed E-state index contributed by atoms with van der Waals surface area (Å²) in [5.74, 6) is 0.345. The lowest BCUT2D eigenvalue weighted by Gasteiger charge is -2.16. The quantitative estimate of drug-likeness (QED) is 0.834. The van der Waals surface area contributed by atoms with Crippen molar-refractivity contribution in [2.24, 2.45) is 5.73 Å². The third kappa shape index (κ3) is 5.05. The smallest absolute Gasteiger partial charge is 0.234 e. The van der Waals surface area contributed by atoms with Gasteiger partial charge < -0.3 is 11.1 Å². The summed E-state index contributed by atoms with van der Waals surface area (Å²) in [5.41, 5.74) is 8.70. The summed E-state index contributed by atoms with van der Waals surface area (Å²) in [7, 11) is 0. The van der Waals surface area contributed by atoms with Crippen molar-refractivity contribution in [1.29, 1.82) is 0 Å². The highest BCUT2D eigenvalue weighted by molar-refractivity contribution is 6.30. The maximum Gasteiger partial charge on any atom is 0.234 e. The number of nitrogens with one attached hydrogen (secondary N) is 1. The number of hydrogen-bond acceptors (Lipinski definition) is 3. The van der Waals surface area contributed by atoms with Crippen LogP contribution in [0, 0.1) is 0 Å². The van der Waals surface area contributed by atoms with Crippen molar-refractivity contribution in [3.63, 3.8) is 0 Å². The first-order valence-corrected chi connectivity index (χ1v) is 9.03. The molecule has 1 amide bonds. The summed E-state index contributed by atoms with van der Waals surface area (Å²) < 4.78 is 0. The van der Waals surface area contributed by atoms with E-state index in [0.29, 0.717) is 19.0 Å². The van der Waals surface area contributed by atoms with Crippen molar-refractivity contribution in [2.75, 3.05) is 26.2 Å². The number of likely N-dealkylation sites (tertiary alicyclic amines) is 1. The van der Waals surface area contributed by atoms with Crippen LogP contribution in [-0.2, 0) is 11.2 Å². The number of amides is 1. The van der Waals surface area contributed by atoms with Crippen LogP contribution in [0.2, 0.25) is 5.02 Å². The van der Waals surface area contributed by atoms with Gasteiger partial charge in [0.15, 0.2) is 0 Å². The van der Waals surface area contributed by atoms with Gasteiger partial charge in [-0.3, -0.25) is 9.69 Å². The van der Waals surface area contributed by atoms with Gasteiger partial charge in [0.25, 0.3) is 0 Å². The molecule has 25 heavy (non-hydrogen) atoms. The monoisotopic (exact) mass is 357 g/mol. The van der Waals surface area contributed by atoms with E-state index in [1.165, 1.54) is 5.56 Å². The van der Waals surface area contributed by atoms with Crippen molar-refractivity contribution in [2.45, 2.75) is 18.4 Å². The molecule has 1 heterocycles. The van der Waals surface area contributed by atoms with Crippen LogP contribution >= 0.6 is 11.6 Å². The van der Waals surface area contributed by atoms with Crippen molar-refractivity contribution in [3.05, 3.63) is 70.7 Å². The van der Waals surface area contributed by atoms with Gasteiger partial charge in [0.05, 0.1) is 6.54 Å². The average Bonchev–Trinajstić information content (AvgIpc) is 2.97. The topological polar surface area (TPSA) is 58.4 Å². The lowest BCUT2D eigenvalue weighted by molar-refractivity contribution is -0.122. The highest BCUT2D eigenvalue weighted by Crippen LogP contribution is 2.25. The van der Waals surface area contributed by atoms with Gasteiger partial charge in [-0.05, 0) is 29.7 Å². The van der Waals surface area contributed by atoms with Gasteiger partial charge in [-0.1, -0.05) is 54.1 Å². The Hall–Kier alpha value is -1.88. The molecule has 0 spiro atoms. The minimum Gasteiger partial charge on any atom is -0.355 e. The normalized spacial score (nSPS) is 20.6. The Labute approximate surface area is 154 Å². The molecule has 3 rings (SSSR count). The summed E-state index contributed by atoms with van der Waals surface area (Å²) in [6.45, 7) is 2.61. The van der Waals surface area contributed by atoms with Gasteiger partial charge in [-0.15, -0.1) is 0 Å². The van der Waals surface area contributed by atoms with E-state index in [4.69, 9.17) is 17.3 Å². The number of hydrogen-bond donors (Lipinski definition) is 2. The molecule has 0 aromatic heterocycles. The minimum atomic E-state index is 0.0508. The molecule has 1 saturated heterocycles. The van der Waals surface area contributed by atoms with E-state index in [2.05, 4.69) is 22.3 Å². The van der Waals surface area contributed by atoms with E-state index in [1.807, 2.05) is 42.5 Å². The Bertz CT molecular complexity index is 690. The molecule has 0 aliphatic carbocycles. The van der Waals surface area contributed by atoms with Gasteiger partial charge >= 0.3 is 0 Å². The summed E-state index contributed by atoms with van der Waals surface area (Å²) >= 11 is 5.87. The molecule has 0 saturated carbocycles. The fourth-order valence-corrected chi connectivity index (χ4v) is 3.48. The fraction of sp³-hybridized carbons (Fsp3) is 0.350. The van der Waals surface area contributed by atoms with Crippen LogP contribution in [0.3, 0.4) is 0 Å². The van der Waals surface area contributed by atoms with Gasteiger partial charge in [-0.2, -0.15) is 0 Å². The predicted octanol–water partition coefficient (Wildman–Crippen LogP) is 2.43. The molecule has 2 aromatic carbocycles. The zero-order valence-corrected chi connectivity index (χ0v) is 15.0. The highest BCUT2D eigenvalue weighted by atomic mass is 35.5. The lowest BCUT2D eigenvalue weighted by Crippen LogP contribution is -2.38. The van der Waals surface area contributed by atoms with Crippen LogP contribution in [0.5, 0.6) is 0 Å². The first-order valence-electron chi connectivity index (χ1n) is 8.66. The van der Waals surface area contributed by atoms with E-state index >= 15 is 0 Å². The van der Waals surface area contributed by atoms with Crippen LogP contribution in [0.1, 0.15) is 17.0 Å². The molecule has 0 bridgehead atoms. The van der Waals surface area contributed by atoms with Gasteiger partial charge in [0, 0.05) is 36.6 Å². The second kappa shape index (κ2) is 8.48. The predicted molar refractivity (Wildman–Crippen MR) is 102 cm³/mol. The fourth-order valence-electron chi connectivity index (χ4n) is 3.35. The summed E-state index contributed by atoms with van der Waals surface area (Å²) in [6.07, 6.45) is 0.801. The first-order chi connectivity index (χ1) is 12.1. The van der Waals surface area contributed by atoms with Crippen LogP contribution in [-0.4, -0.2) is 43.0 Å². The summed E-state index contributed by atoms with van der Waals surface area (Å²) in [5, 5.41) is 3.72. The molecule has 4 nitrogen and oxygen atoms in total. The number of benzene rings is 2. The van der Waals surface area contributed by atoms with Gasteiger partial charge in [0.2, 0.25) is 5.91 Å². The molecule has 1 fully saturated rings. The Morgan fingerprint density at radius 3 is 2.56 bits per heavy atom. The van der Waals surface area contributed by atoms with Crippen LogP contribution in [0.25, 0.3) is 0 Å². The number of halogens is 1. The standard InChI is InChI=1S/C20H24ClN3O/c21-17-8-6-15(7-9-17)10-11-23-20(25)14-24-12-18(19(22)13-24)16-4-2-1-3-5-16/h1-9,18-19H,10-14,22H2,(H,23,25)/t18-,19+/m0/s1. The van der Waals surface area contributed by atoms with Gasteiger partial charge in [-0.25, -0.2) is 0 Å². The molecular weight excluding hydrogens is 334 g/mol. The zero-order valence-electron chi connectivity index (χ0n) is 14.2. The SMILES string of the molecule is N[C@@H]1CN(CC(=O)NCCc2ccc(Cl)cc2)C[C@H]1c1ccccc1. The van der Waals surface area contributed by atoms with Crippen molar-refractivity contribution in [3.8, 4) is 0 Å². The van der Waals surface area contributed by atoms with Crippen LogP contribution < -0.4 is 11.1 Å². The third-order valence-electron chi connectivity index (χ3n) is 4.68. The van der Waals surface area contributed by atoms with E-state index in [0.717, 1.165) is 30.1 Å².